The summed E-state index contributed by atoms with van der Waals surface area (Å²) in [6.07, 6.45) is 94.9. The molecule has 0 aromatic rings. The van der Waals surface area contributed by atoms with Gasteiger partial charge in [0.2, 0.25) is 0 Å². The highest BCUT2D eigenvalue weighted by Crippen LogP contribution is 2.18. The average Bonchev–Trinajstić information content (AvgIpc) is 3.48. The number of hydrogen-bond acceptors (Lipinski definition) is 6. The van der Waals surface area contributed by atoms with E-state index in [2.05, 4.69) is 106 Å². The van der Waals surface area contributed by atoms with Gasteiger partial charge in [0, 0.05) is 19.3 Å². The van der Waals surface area contributed by atoms with Crippen LogP contribution in [0.15, 0.2) is 85.1 Å². The first kappa shape index (κ1) is 79.6. The summed E-state index contributed by atoms with van der Waals surface area (Å²) in [7, 11) is 0. The zero-order valence-electron chi connectivity index (χ0n) is 55.2. The second kappa shape index (κ2) is 71.1. The molecule has 0 saturated heterocycles. The zero-order chi connectivity index (χ0) is 59.9. The van der Waals surface area contributed by atoms with Crippen molar-refractivity contribution in [2.75, 3.05) is 13.2 Å². The lowest BCUT2D eigenvalue weighted by Crippen LogP contribution is -2.30. The first-order valence-electron chi connectivity index (χ1n) is 36.1. The Morgan fingerprint density at radius 1 is 0.253 bits per heavy atom. The van der Waals surface area contributed by atoms with Gasteiger partial charge in [-0.25, -0.2) is 0 Å². The smallest absolute Gasteiger partial charge is 0.306 e. The van der Waals surface area contributed by atoms with Crippen molar-refractivity contribution in [1.82, 2.24) is 0 Å². The van der Waals surface area contributed by atoms with Crippen molar-refractivity contribution >= 4 is 17.9 Å². The molecule has 0 aromatic heterocycles. The summed E-state index contributed by atoms with van der Waals surface area (Å²) in [5.74, 6) is -0.882. The minimum absolute atomic E-state index is 0.0801. The Balaban J connectivity index is 4.21. The van der Waals surface area contributed by atoms with Crippen LogP contribution in [0.4, 0.5) is 0 Å². The lowest BCUT2D eigenvalue weighted by molar-refractivity contribution is -0.167. The fourth-order valence-corrected chi connectivity index (χ4v) is 10.5. The number of rotatable bonds is 66. The number of allylic oxidation sites excluding steroid dienone is 14. The molecule has 0 aliphatic rings. The number of esters is 3. The SMILES string of the molecule is CC/C=C\C/C=C\C/C=C\C/C=C\C/C=C\C/C=C\C/C=C\CCCCCCCC(=O)OC(COC(=O)CCCCCCCCCCCC)COC(=O)CCCCCCCCCCCCCCCCCCCCCCCCCCCCCC. The molecule has 0 aliphatic carbocycles. The number of unbranched alkanes of at least 4 members (excludes halogenated alkanes) is 41. The van der Waals surface area contributed by atoms with E-state index in [9.17, 15) is 14.4 Å². The fraction of sp³-hybridized carbons (Fsp3) is 0.779. The van der Waals surface area contributed by atoms with Gasteiger partial charge in [-0.3, -0.25) is 14.4 Å². The predicted molar refractivity (Wildman–Crippen MR) is 362 cm³/mol. The van der Waals surface area contributed by atoms with Crippen LogP contribution >= 0.6 is 0 Å². The van der Waals surface area contributed by atoms with Gasteiger partial charge in [0.1, 0.15) is 13.2 Å². The zero-order valence-corrected chi connectivity index (χ0v) is 55.2. The van der Waals surface area contributed by atoms with Gasteiger partial charge in [0.15, 0.2) is 6.10 Å². The van der Waals surface area contributed by atoms with Crippen molar-refractivity contribution in [2.45, 2.75) is 374 Å². The summed E-state index contributed by atoms with van der Waals surface area (Å²) in [6.45, 7) is 6.55. The van der Waals surface area contributed by atoms with Crippen LogP contribution in [-0.4, -0.2) is 37.2 Å². The molecule has 0 bridgehead atoms. The van der Waals surface area contributed by atoms with E-state index in [4.69, 9.17) is 14.2 Å². The van der Waals surface area contributed by atoms with E-state index in [-0.39, 0.29) is 31.1 Å². The first-order valence-corrected chi connectivity index (χ1v) is 36.1. The maximum atomic E-state index is 12.9. The molecule has 0 radical (unpaired) electrons. The maximum absolute atomic E-state index is 12.9. The van der Waals surface area contributed by atoms with E-state index >= 15 is 0 Å². The Kier molecular flexibility index (Phi) is 68.2. The molecule has 0 rings (SSSR count). The number of hydrogen-bond donors (Lipinski definition) is 0. The molecule has 0 amide bonds. The Bertz CT molecular complexity index is 1570. The summed E-state index contributed by atoms with van der Waals surface area (Å²) in [4.78, 5) is 38.4. The van der Waals surface area contributed by atoms with Gasteiger partial charge in [-0.2, -0.15) is 0 Å². The maximum Gasteiger partial charge on any atom is 0.306 e. The summed E-state index contributed by atoms with van der Waals surface area (Å²) in [6, 6.07) is 0. The topological polar surface area (TPSA) is 78.9 Å². The molecule has 1 unspecified atom stereocenters. The lowest BCUT2D eigenvalue weighted by Gasteiger charge is -2.18. The second-order valence-electron chi connectivity index (χ2n) is 24.1. The van der Waals surface area contributed by atoms with Crippen LogP contribution in [-0.2, 0) is 28.6 Å². The molecular weight excluding hydrogens is 1020 g/mol. The van der Waals surface area contributed by atoms with Gasteiger partial charge in [-0.05, 0) is 77.0 Å². The van der Waals surface area contributed by atoms with Gasteiger partial charge in [0.25, 0.3) is 0 Å². The van der Waals surface area contributed by atoms with E-state index in [1.165, 1.54) is 205 Å². The van der Waals surface area contributed by atoms with Crippen molar-refractivity contribution in [3.63, 3.8) is 0 Å². The molecule has 0 spiro atoms. The Hall–Kier alpha value is -3.41. The number of carbonyl (C=O) groups is 3. The molecule has 0 N–H and O–H groups in total. The van der Waals surface area contributed by atoms with Crippen LogP contribution in [0, 0.1) is 0 Å². The summed E-state index contributed by atoms with van der Waals surface area (Å²) in [5.41, 5.74) is 0. The lowest BCUT2D eigenvalue weighted by atomic mass is 10.0. The highest BCUT2D eigenvalue weighted by atomic mass is 16.6. The van der Waals surface area contributed by atoms with Crippen molar-refractivity contribution < 1.29 is 28.6 Å². The van der Waals surface area contributed by atoms with Crippen LogP contribution in [0.3, 0.4) is 0 Å². The third-order valence-electron chi connectivity index (χ3n) is 15.9. The van der Waals surface area contributed by atoms with Gasteiger partial charge in [-0.15, -0.1) is 0 Å². The van der Waals surface area contributed by atoms with Crippen LogP contribution in [0.1, 0.15) is 367 Å². The summed E-state index contributed by atoms with van der Waals surface area (Å²) < 4.78 is 16.9. The monoisotopic (exact) mass is 1160 g/mol. The number of ether oxygens (including phenoxy) is 3. The molecule has 6 heteroatoms. The Morgan fingerprint density at radius 3 is 0.735 bits per heavy atom. The van der Waals surface area contributed by atoms with Gasteiger partial charge in [0.05, 0.1) is 0 Å². The third kappa shape index (κ3) is 69.3. The highest BCUT2D eigenvalue weighted by molar-refractivity contribution is 5.71. The molecule has 0 fully saturated rings. The van der Waals surface area contributed by atoms with E-state index in [0.29, 0.717) is 19.3 Å². The Morgan fingerprint density at radius 2 is 0.470 bits per heavy atom. The van der Waals surface area contributed by atoms with Gasteiger partial charge in [-0.1, -0.05) is 356 Å². The predicted octanol–water partition coefficient (Wildman–Crippen LogP) is 25.0. The quantitative estimate of drug-likeness (QED) is 0.0261. The Labute approximate surface area is 515 Å². The molecule has 0 aliphatic heterocycles. The molecular formula is C77H136O6. The van der Waals surface area contributed by atoms with Gasteiger partial charge >= 0.3 is 17.9 Å². The highest BCUT2D eigenvalue weighted by Gasteiger charge is 2.19. The van der Waals surface area contributed by atoms with Crippen LogP contribution < -0.4 is 0 Å². The van der Waals surface area contributed by atoms with E-state index in [1.54, 1.807) is 0 Å². The molecule has 0 aromatic carbocycles. The largest absolute Gasteiger partial charge is 0.462 e. The van der Waals surface area contributed by atoms with Crippen LogP contribution in [0.2, 0.25) is 0 Å². The second-order valence-corrected chi connectivity index (χ2v) is 24.1. The molecule has 0 heterocycles. The van der Waals surface area contributed by atoms with Crippen molar-refractivity contribution in [1.29, 1.82) is 0 Å². The number of carbonyl (C=O) groups excluding carboxylic acids is 3. The molecule has 1 atom stereocenters. The normalized spacial score (nSPS) is 12.6. The molecule has 6 nitrogen and oxygen atoms in total. The summed E-state index contributed by atoms with van der Waals surface area (Å²) in [5, 5.41) is 0. The minimum Gasteiger partial charge on any atom is -0.462 e. The molecule has 83 heavy (non-hydrogen) atoms. The summed E-state index contributed by atoms with van der Waals surface area (Å²) >= 11 is 0. The van der Waals surface area contributed by atoms with E-state index < -0.39 is 6.10 Å². The van der Waals surface area contributed by atoms with Crippen molar-refractivity contribution in [3.05, 3.63) is 85.1 Å². The van der Waals surface area contributed by atoms with Crippen molar-refractivity contribution in [3.8, 4) is 0 Å². The van der Waals surface area contributed by atoms with Gasteiger partial charge < -0.3 is 14.2 Å². The molecule has 480 valence electrons. The third-order valence-corrected chi connectivity index (χ3v) is 15.9. The van der Waals surface area contributed by atoms with Crippen LogP contribution in [0.5, 0.6) is 0 Å². The van der Waals surface area contributed by atoms with Crippen molar-refractivity contribution in [2.24, 2.45) is 0 Å². The fourth-order valence-electron chi connectivity index (χ4n) is 10.5. The van der Waals surface area contributed by atoms with E-state index in [0.717, 1.165) is 122 Å². The van der Waals surface area contributed by atoms with Crippen LogP contribution in [0.25, 0.3) is 0 Å². The standard InChI is InChI=1S/C77H136O6/c1-4-7-10-13-16-19-22-24-26-28-30-32-34-36-38-40-41-43-45-47-49-51-53-55-58-61-64-67-70-76(79)82-73-74(72-81-75(78)69-66-63-60-57-21-18-15-12-9-6-3)83-77(80)71-68-65-62-59-56-54-52-50-48-46-44-42-39-37-35-33-31-29-27-25-23-20-17-14-11-8-5-2/h8,11,17,20,25,27,31,33,37,39,44,46,50,52,74H,4-7,9-10,12-16,18-19,21-24,26,28-30,32,34-36,38,40-43,45,47-49,51,53-73H2,1-3H3/b11-8-,20-17-,27-25-,33-31-,39-37-,46-44-,52-50-. The minimum atomic E-state index is -0.786. The van der Waals surface area contributed by atoms with E-state index in [1.807, 2.05) is 0 Å². The molecule has 0 saturated carbocycles. The average molecular weight is 1160 g/mol. The first-order chi connectivity index (χ1) is 41.0.